The molecule has 20 heavy (non-hydrogen) atoms. The summed E-state index contributed by atoms with van der Waals surface area (Å²) in [5.41, 5.74) is 0.272. The number of hydrogen-bond acceptors (Lipinski definition) is 3. The van der Waals surface area contributed by atoms with Crippen molar-refractivity contribution in [1.82, 2.24) is 14.8 Å². The highest BCUT2D eigenvalue weighted by molar-refractivity contribution is 5.88. The minimum absolute atomic E-state index is 0.110. The van der Waals surface area contributed by atoms with E-state index in [2.05, 4.69) is 10.1 Å². The molecule has 6 nitrogen and oxygen atoms in total. The Kier molecular flexibility index (Phi) is 2.64. The summed E-state index contributed by atoms with van der Waals surface area (Å²) < 4.78 is 1.37. The minimum atomic E-state index is -1.04. The Balaban J connectivity index is 2.22. The highest BCUT2D eigenvalue weighted by Gasteiger charge is 2.13. The van der Waals surface area contributed by atoms with E-state index in [1.807, 2.05) is 12.1 Å². The monoisotopic (exact) mass is 269 g/mol. The fourth-order valence-corrected chi connectivity index (χ4v) is 2.11. The number of aromatic amines is 1. The van der Waals surface area contributed by atoms with Crippen LogP contribution in [0.1, 0.15) is 16.1 Å². The smallest absolute Gasteiger partial charge is 0.339 e. The molecule has 0 bridgehead atoms. The normalized spacial score (nSPS) is 10.8. The Hall–Kier alpha value is -2.89. The standard InChI is InChI=1S/C14H11N3O3/c1-8-11(14(19)20)7-17(16-8)12-6-9-4-2-3-5-10(9)13(18)15-12/h2-7H,1H3,(H,15,18)(H,19,20). The van der Waals surface area contributed by atoms with Crippen molar-refractivity contribution in [3.05, 3.63) is 58.1 Å². The van der Waals surface area contributed by atoms with E-state index >= 15 is 0 Å². The third kappa shape index (κ3) is 1.87. The van der Waals surface area contributed by atoms with Crippen molar-refractivity contribution in [2.24, 2.45) is 0 Å². The van der Waals surface area contributed by atoms with Crippen molar-refractivity contribution < 1.29 is 9.90 Å². The van der Waals surface area contributed by atoms with Gasteiger partial charge in [-0.2, -0.15) is 5.10 Å². The van der Waals surface area contributed by atoms with Crippen LogP contribution in [0.25, 0.3) is 16.6 Å². The molecule has 0 radical (unpaired) electrons. The van der Waals surface area contributed by atoms with Crippen LogP contribution < -0.4 is 5.56 Å². The number of carboxylic acid groups (broad SMARTS) is 1. The molecule has 3 aromatic rings. The van der Waals surface area contributed by atoms with Gasteiger partial charge in [-0.25, -0.2) is 9.48 Å². The summed E-state index contributed by atoms with van der Waals surface area (Å²) in [6, 6.07) is 8.94. The number of nitrogens with zero attached hydrogens (tertiary/aromatic N) is 2. The molecule has 0 spiro atoms. The lowest BCUT2D eigenvalue weighted by Gasteiger charge is -2.03. The van der Waals surface area contributed by atoms with E-state index in [0.29, 0.717) is 16.9 Å². The molecule has 0 unspecified atom stereocenters. The largest absolute Gasteiger partial charge is 0.478 e. The lowest BCUT2D eigenvalue weighted by Crippen LogP contribution is -2.11. The first kappa shape index (κ1) is 12.2. The zero-order chi connectivity index (χ0) is 14.3. The predicted octanol–water partition coefficient (Wildman–Crippen LogP) is 1.72. The molecule has 0 amide bonds. The van der Waals surface area contributed by atoms with Crippen LogP contribution >= 0.6 is 0 Å². The van der Waals surface area contributed by atoms with Gasteiger partial charge in [-0.05, 0) is 24.4 Å². The first-order valence-corrected chi connectivity index (χ1v) is 5.98. The number of pyridine rings is 1. The summed E-state index contributed by atoms with van der Waals surface area (Å²) in [6.07, 6.45) is 1.39. The average molecular weight is 269 g/mol. The SMILES string of the molecule is Cc1nn(-c2cc3ccccc3c(=O)[nH]2)cc1C(=O)O. The first-order valence-electron chi connectivity index (χ1n) is 5.98. The van der Waals surface area contributed by atoms with Crippen molar-refractivity contribution in [3.63, 3.8) is 0 Å². The Labute approximate surface area is 113 Å². The Morgan fingerprint density at radius 1 is 1.35 bits per heavy atom. The van der Waals surface area contributed by atoms with Gasteiger partial charge in [0.1, 0.15) is 11.4 Å². The number of aromatic nitrogens is 3. The van der Waals surface area contributed by atoms with Crippen LogP contribution in [0.3, 0.4) is 0 Å². The first-order chi connectivity index (χ1) is 9.56. The summed E-state index contributed by atoms with van der Waals surface area (Å²) in [6.45, 7) is 1.61. The van der Waals surface area contributed by atoms with E-state index < -0.39 is 5.97 Å². The van der Waals surface area contributed by atoms with Gasteiger partial charge >= 0.3 is 5.97 Å². The number of carbonyl (C=O) groups is 1. The molecule has 0 saturated heterocycles. The van der Waals surface area contributed by atoms with Gasteiger partial charge in [0.15, 0.2) is 0 Å². The molecule has 2 aromatic heterocycles. The summed E-state index contributed by atoms with van der Waals surface area (Å²) in [5.74, 6) is -0.610. The zero-order valence-electron chi connectivity index (χ0n) is 10.6. The Morgan fingerprint density at radius 3 is 2.80 bits per heavy atom. The third-order valence-corrected chi connectivity index (χ3v) is 3.12. The van der Waals surface area contributed by atoms with Gasteiger partial charge in [0.2, 0.25) is 0 Å². The maximum atomic E-state index is 12.0. The molecule has 2 heterocycles. The van der Waals surface area contributed by atoms with Gasteiger partial charge in [-0.3, -0.25) is 4.79 Å². The summed E-state index contributed by atoms with van der Waals surface area (Å²) in [4.78, 5) is 25.7. The van der Waals surface area contributed by atoms with Crippen LogP contribution in [-0.2, 0) is 0 Å². The highest BCUT2D eigenvalue weighted by Crippen LogP contribution is 2.14. The fourth-order valence-electron chi connectivity index (χ4n) is 2.11. The molecule has 6 heteroatoms. The second kappa shape index (κ2) is 4.34. The molecular formula is C14H11N3O3. The second-order valence-corrected chi connectivity index (χ2v) is 4.45. The van der Waals surface area contributed by atoms with Crippen LogP contribution in [0.5, 0.6) is 0 Å². The van der Waals surface area contributed by atoms with Crippen molar-refractivity contribution in [2.75, 3.05) is 0 Å². The fraction of sp³-hybridized carbons (Fsp3) is 0.0714. The van der Waals surface area contributed by atoms with E-state index in [9.17, 15) is 9.59 Å². The number of aryl methyl sites for hydroxylation is 1. The summed E-state index contributed by atoms with van der Waals surface area (Å²) in [7, 11) is 0. The molecule has 2 N–H and O–H groups in total. The van der Waals surface area contributed by atoms with Gasteiger partial charge < -0.3 is 10.1 Å². The molecule has 0 atom stereocenters. The van der Waals surface area contributed by atoms with Gasteiger partial charge in [0, 0.05) is 11.6 Å². The number of rotatable bonds is 2. The van der Waals surface area contributed by atoms with E-state index in [1.165, 1.54) is 10.9 Å². The molecule has 3 rings (SSSR count). The van der Waals surface area contributed by atoms with E-state index in [0.717, 1.165) is 5.39 Å². The highest BCUT2D eigenvalue weighted by atomic mass is 16.4. The van der Waals surface area contributed by atoms with Crippen molar-refractivity contribution in [1.29, 1.82) is 0 Å². The topological polar surface area (TPSA) is 88.0 Å². The molecule has 0 aliphatic carbocycles. The summed E-state index contributed by atoms with van der Waals surface area (Å²) in [5, 5.41) is 14.5. The van der Waals surface area contributed by atoms with Gasteiger partial charge in [0.05, 0.1) is 5.69 Å². The molecule has 1 aromatic carbocycles. The van der Waals surface area contributed by atoms with Gasteiger partial charge in [-0.1, -0.05) is 18.2 Å². The van der Waals surface area contributed by atoms with Crippen molar-refractivity contribution in [2.45, 2.75) is 6.92 Å². The molecular weight excluding hydrogens is 258 g/mol. The van der Waals surface area contributed by atoms with Crippen LogP contribution in [0, 0.1) is 6.92 Å². The molecule has 0 aliphatic heterocycles. The van der Waals surface area contributed by atoms with E-state index in [4.69, 9.17) is 5.11 Å². The molecule has 100 valence electrons. The van der Waals surface area contributed by atoms with Gasteiger partial charge in [-0.15, -0.1) is 0 Å². The number of hydrogen-bond donors (Lipinski definition) is 2. The van der Waals surface area contributed by atoms with E-state index in [-0.39, 0.29) is 11.1 Å². The number of carboxylic acids is 1. The van der Waals surface area contributed by atoms with E-state index in [1.54, 1.807) is 25.1 Å². The second-order valence-electron chi connectivity index (χ2n) is 4.45. The zero-order valence-corrected chi connectivity index (χ0v) is 10.6. The molecule has 0 aliphatic rings. The third-order valence-electron chi connectivity index (χ3n) is 3.12. The maximum absolute atomic E-state index is 12.0. The minimum Gasteiger partial charge on any atom is -0.478 e. The summed E-state index contributed by atoms with van der Waals surface area (Å²) >= 11 is 0. The quantitative estimate of drug-likeness (QED) is 0.741. The Bertz CT molecular complexity index is 877. The van der Waals surface area contributed by atoms with Crippen molar-refractivity contribution >= 4 is 16.7 Å². The van der Waals surface area contributed by atoms with Gasteiger partial charge in [0.25, 0.3) is 5.56 Å². The number of nitrogens with one attached hydrogen (secondary N) is 1. The predicted molar refractivity (Wildman–Crippen MR) is 73.4 cm³/mol. The Morgan fingerprint density at radius 2 is 2.10 bits per heavy atom. The van der Waals surface area contributed by atoms with Crippen LogP contribution in [0.15, 0.2) is 41.3 Å². The number of fused-ring (bicyclic) bond motifs is 1. The molecule has 0 fully saturated rings. The van der Waals surface area contributed by atoms with Crippen LogP contribution in [0.4, 0.5) is 0 Å². The average Bonchev–Trinajstić information content (AvgIpc) is 2.81. The number of aromatic carboxylic acids is 1. The lowest BCUT2D eigenvalue weighted by molar-refractivity contribution is 0.0696. The lowest BCUT2D eigenvalue weighted by atomic mass is 10.2. The number of H-pyrrole nitrogens is 1. The van der Waals surface area contributed by atoms with Crippen molar-refractivity contribution in [3.8, 4) is 5.82 Å². The van der Waals surface area contributed by atoms with Crippen LogP contribution in [-0.4, -0.2) is 25.8 Å². The van der Waals surface area contributed by atoms with Crippen LogP contribution in [0.2, 0.25) is 0 Å². The number of benzene rings is 1. The maximum Gasteiger partial charge on any atom is 0.339 e. The molecule has 0 saturated carbocycles.